The Morgan fingerprint density at radius 2 is 0.966 bits per heavy atom. The summed E-state index contributed by atoms with van der Waals surface area (Å²) in [5, 5.41) is 8.53. The van der Waals surface area contributed by atoms with Crippen LogP contribution in [0.25, 0.3) is 0 Å². The van der Waals surface area contributed by atoms with Gasteiger partial charge < -0.3 is 9.66 Å². The fourth-order valence-electron chi connectivity index (χ4n) is 3.81. The molecule has 0 saturated carbocycles. The summed E-state index contributed by atoms with van der Waals surface area (Å²) in [6.45, 7) is 4.05. The molecule has 0 aromatic rings. The van der Waals surface area contributed by atoms with Gasteiger partial charge in [-0.2, -0.15) is 0 Å². The van der Waals surface area contributed by atoms with Crippen LogP contribution in [0.3, 0.4) is 0 Å². The molecule has 0 rings (SSSR count). The molecule has 0 aromatic heterocycles. The maximum absolute atomic E-state index is 11.5. The Labute approximate surface area is 204 Å². The van der Waals surface area contributed by atoms with Crippen molar-refractivity contribution in [2.45, 2.75) is 147 Å². The normalized spacial score (nSPS) is 13.8. The van der Waals surface area contributed by atoms with Crippen molar-refractivity contribution in [3.8, 4) is 0 Å². The Kier molecular flexibility index (Phi) is 24.4. The third-order valence-corrected chi connectivity index (χ3v) is 6.97. The molecule has 0 aliphatic heterocycles. The van der Waals surface area contributed by atoms with E-state index in [9.17, 15) is 18.1 Å². The van der Waals surface area contributed by atoms with Gasteiger partial charge in [0.1, 0.15) is 0 Å². The molecule has 170 valence electrons. The Hall–Kier alpha value is 0.870. The van der Waals surface area contributed by atoms with E-state index in [-0.39, 0.29) is 35.7 Å². The summed E-state index contributed by atoms with van der Waals surface area (Å²) in [7, 11) is -4.16. The van der Waals surface area contributed by atoms with E-state index >= 15 is 0 Å². The largest absolute Gasteiger partial charge is 1.00 e. The van der Waals surface area contributed by atoms with Gasteiger partial charge in [0.15, 0.2) is 0 Å². The molecule has 0 radical (unpaired) electrons. The number of aliphatic hydroxyl groups is 1. The summed E-state index contributed by atoms with van der Waals surface area (Å²) in [6, 6.07) is 0. The van der Waals surface area contributed by atoms with E-state index in [2.05, 4.69) is 6.92 Å². The van der Waals surface area contributed by atoms with E-state index in [1.54, 1.807) is 0 Å². The van der Waals surface area contributed by atoms with Crippen molar-refractivity contribution in [3.05, 3.63) is 0 Å². The van der Waals surface area contributed by atoms with Gasteiger partial charge >= 0.3 is 29.6 Å². The van der Waals surface area contributed by atoms with Crippen molar-refractivity contribution >= 4 is 10.1 Å². The number of hydrogen-bond donors (Lipinski definition) is 1. The molecule has 0 aliphatic carbocycles. The van der Waals surface area contributed by atoms with E-state index in [0.29, 0.717) is 12.8 Å². The molecule has 0 amide bonds. The Balaban J connectivity index is 0. The van der Waals surface area contributed by atoms with Gasteiger partial charge in [-0.05, 0) is 26.2 Å². The average molecular weight is 443 g/mol. The van der Waals surface area contributed by atoms with Gasteiger partial charge in [0, 0.05) is 5.25 Å². The van der Waals surface area contributed by atoms with Crippen LogP contribution in [0.2, 0.25) is 0 Å². The fourth-order valence-corrected chi connectivity index (χ4v) is 4.72. The zero-order valence-electron chi connectivity index (χ0n) is 19.7. The number of rotatable bonds is 21. The predicted octanol–water partition coefficient (Wildman–Crippen LogP) is 3.72. The second kappa shape index (κ2) is 22.1. The second-order valence-corrected chi connectivity index (χ2v) is 10.3. The summed E-state index contributed by atoms with van der Waals surface area (Å²) in [6.07, 6.45) is 20.1. The molecule has 0 saturated heterocycles. The smallest absolute Gasteiger partial charge is 0.748 e. The van der Waals surface area contributed by atoms with Crippen LogP contribution < -0.4 is 29.6 Å². The SMILES string of the molecule is CCCCCCCCCCCCC(CCCCCCCCC(C)O)S(=O)(=O)[O-].[Na+]. The molecule has 2 unspecified atom stereocenters. The minimum absolute atomic E-state index is 0. The first-order chi connectivity index (χ1) is 13.4. The molecule has 0 aromatic carbocycles. The van der Waals surface area contributed by atoms with Crippen LogP contribution in [0.5, 0.6) is 0 Å². The molecule has 0 fully saturated rings. The quantitative estimate of drug-likeness (QED) is 0.167. The zero-order valence-corrected chi connectivity index (χ0v) is 22.5. The molecular formula is C23H47NaO4S. The second-order valence-electron chi connectivity index (χ2n) is 8.63. The zero-order chi connectivity index (χ0) is 21.1. The monoisotopic (exact) mass is 442 g/mol. The van der Waals surface area contributed by atoms with Crippen LogP contribution in [0.15, 0.2) is 0 Å². The fraction of sp³-hybridized carbons (Fsp3) is 1.00. The summed E-state index contributed by atoms with van der Waals surface area (Å²) in [5.74, 6) is 0. The number of unbranched alkanes of at least 4 members (excludes halogenated alkanes) is 14. The molecule has 0 spiro atoms. The molecule has 0 heterocycles. The maximum Gasteiger partial charge on any atom is 1.00 e. The Morgan fingerprint density at radius 1 is 0.655 bits per heavy atom. The van der Waals surface area contributed by atoms with Gasteiger partial charge in [-0.15, -0.1) is 0 Å². The van der Waals surface area contributed by atoms with Crippen molar-refractivity contribution in [1.82, 2.24) is 0 Å². The Morgan fingerprint density at radius 3 is 1.28 bits per heavy atom. The van der Waals surface area contributed by atoms with Gasteiger partial charge in [0.25, 0.3) is 0 Å². The van der Waals surface area contributed by atoms with E-state index in [4.69, 9.17) is 0 Å². The van der Waals surface area contributed by atoms with Crippen LogP contribution >= 0.6 is 0 Å². The molecule has 29 heavy (non-hydrogen) atoms. The number of aliphatic hydroxyl groups excluding tert-OH is 1. The molecule has 4 nitrogen and oxygen atoms in total. The number of hydrogen-bond acceptors (Lipinski definition) is 4. The Bertz CT molecular complexity index is 427. The standard InChI is InChI=1S/C23H48O4S.Na/c1-3-4-5-6-7-8-9-10-14-17-20-23(28(25,26)27)21-18-15-12-11-13-16-19-22(2)24;/h22-24H,3-21H2,1-2H3,(H,25,26,27);/q;+1/p-1. The minimum atomic E-state index is -4.16. The molecule has 2 atom stereocenters. The molecule has 0 aliphatic rings. The van der Waals surface area contributed by atoms with Crippen molar-refractivity contribution in [3.63, 3.8) is 0 Å². The molecule has 1 N–H and O–H groups in total. The first-order valence-corrected chi connectivity index (χ1v) is 13.5. The summed E-state index contributed by atoms with van der Waals surface area (Å²) < 4.78 is 34.5. The van der Waals surface area contributed by atoms with E-state index in [1.165, 1.54) is 44.9 Å². The van der Waals surface area contributed by atoms with Crippen LogP contribution in [-0.2, 0) is 10.1 Å². The van der Waals surface area contributed by atoms with Crippen LogP contribution in [0.4, 0.5) is 0 Å². The molecule has 6 heteroatoms. The van der Waals surface area contributed by atoms with Crippen molar-refractivity contribution < 1.29 is 47.6 Å². The van der Waals surface area contributed by atoms with E-state index in [1.807, 2.05) is 6.92 Å². The van der Waals surface area contributed by atoms with Crippen molar-refractivity contribution in [2.24, 2.45) is 0 Å². The third-order valence-electron chi connectivity index (χ3n) is 5.69. The van der Waals surface area contributed by atoms with Crippen LogP contribution in [0, 0.1) is 0 Å². The minimum Gasteiger partial charge on any atom is -0.748 e. The van der Waals surface area contributed by atoms with Gasteiger partial charge in [0.2, 0.25) is 0 Å². The molecular weight excluding hydrogens is 395 g/mol. The topological polar surface area (TPSA) is 77.4 Å². The van der Waals surface area contributed by atoms with Crippen molar-refractivity contribution in [1.29, 1.82) is 0 Å². The van der Waals surface area contributed by atoms with Gasteiger partial charge in [-0.3, -0.25) is 0 Å². The van der Waals surface area contributed by atoms with Crippen LogP contribution in [-0.4, -0.2) is 29.4 Å². The summed E-state index contributed by atoms with van der Waals surface area (Å²) in [5.41, 5.74) is 0. The average Bonchev–Trinajstić information content (AvgIpc) is 2.62. The van der Waals surface area contributed by atoms with Gasteiger partial charge in [-0.25, -0.2) is 8.42 Å². The molecule has 0 bridgehead atoms. The van der Waals surface area contributed by atoms with E-state index in [0.717, 1.165) is 64.2 Å². The summed E-state index contributed by atoms with van der Waals surface area (Å²) in [4.78, 5) is 0. The first-order valence-electron chi connectivity index (χ1n) is 12.0. The third kappa shape index (κ3) is 23.4. The maximum atomic E-state index is 11.5. The van der Waals surface area contributed by atoms with Crippen LogP contribution in [0.1, 0.15) is 136 Å². The van der Waals surface area contributed by atoms with Crippen molar-refractivity contribution in [2.75, 3.05) is 0 Å². The van der Waals surface area contributed by atoms with E-state index < -0.39 is 15.4 Å². The predicted molar refractivity (Wildman–Crippen MR) is 119 cm³/mol. The first kappa shape index (κ1) is 32.1. The van der Waals surface area contributed by atoms with Gasteiger partial charge in [-0.1, -0.05) is 110 Å². The van der Waals surface area contributed by atoms with Gasteiger partial charge in [0.05, 0.1) is 16.2 Å². The summed E-state index contributed by atoms with van der Waals surface area (Å²) >= 11 is 0.